The average Bonchev–Trinajstić information content (AvgIpc) is 2.37. The lowest BCUT2D eigenvalue weighted by Gasteiger charge is -2.31. The minimum absolute atomic E-state index is 0.113. The normalized spacial score (nSPS) is 20.3. The smallest absolute Gasteiger partial charge is 0.417 e. The Balaban J connectivity index is 2.22. The number of carbonyl (C=O) groups is 1. The fraction of sp³-hybridized carbons (Fsp3) is 0.500. The van der Waals surface area contributed by atoms with Gasteiger partial charge in [0.1, 0.15) is 0 Å². The van der Waals surface area contributed by atoms with Crippen molar-refractivity contribution >= 4 is 11.7 Å². The van der Waals surface area contributed by atoms with Crippen LogP contribution in [-0.2, 0) is 6.18 Å². The lowest BCUT2D eigenvalue weighted by atomic mass is 10.0. The fourth-order valence-corrected chi connectivity index (χ4v) is 2.58. The number of rotatable bonds is 3. The number of piperidine rings is 1. The van der Waals surface area contributed by atoms with Crippen molar-refractivity contribution < 1.29 is 23.1 Å². The molecule has 1 unspecified atom stereocenters. The van der Waals surface area contributed by atoms with Crippen LogP contribution in [-0.4, -0.2) is 42.2 Å². The number of carboxylic acids is 1. The Kier molecular flexibility index (Phi) is 4.41. The van der Waals surface area contributed by atoms with Crippen LogP contribution in [0.2, 0.25) is 0 Å². The zero-order valence-corrected chi connectivity index (χ0v) is 11.6. The first-order chi connectivity index (χ1) is 9.77. The first kappa shape index (κ1) is 15.6. The Morgan fingerprint density at radius 2 is 2.14 bits per heavy atom. The second-order valence-corrected chi connectivity index (χ2v) is 5.31. The van der Waals surface area contributed by atoms with Gasteiger partial charge in [0.25, 0.3) is 0 Å². The largest absolute Gasteiger partial charge is 0.478 e. The van der Waals surface area contributed by atoms with Crippen LogP contribution in [0.3, 0.4) is 0 Å². The summed E-state index contributed by atoms with van der Waals surface area (Å²) >= 11 is 0. The van der Waals surface area contributed by atoms with Crippen LogP contribution in [0, 0.1) is 0 Å². The molecule has 1 heterocycles. The zero-order valence-electron chi connectivity index (χ0n) is 11.6. The number of alkyl halides is 3. The quantitative estimate of drug-likeness (QED) is 0.901. The molecule has 116 valence electrons. The van der Waals surface area contributed by atoms with Crippen molar-refractivity contribution in [3.8, 4) is 0 Å². The highest BCUT2D eigenvalue weighted by Gasteiger charge is 2.35. The van der Waals surface area contributed by atoms with Gasteiger partial charge in [-0.2, -0.15) is 13.2 Å². The monoisotopic (exact) mass is 302 g/mol. The van der Waals surface area contributed by atoms with Crippen LogP contribution in [0.5, 0.6) is 0 Å². The van der Waals surface area contributed by atoms with E-state index in [0.717, 1.165) is 38.1 Å². The minimum atomic E-state index is -4.67. The van der Waals surface area contributed by atoms with Gasteiger partial charge in [-0.15, -0.1) is 0 Å². The summed E-state index contributed by atoms with van der Waals surface area (Å²) in [6.45, 7) is 1.77. The molecule has 21 heavy (non-hydrogen) atoms. The number of nitrogens with one attached hydrogen (secondary N) is 1. The number of aromatic carboxylic acids is 1. The predicted octanol–water partition coefficient (Wildman–Crippen LogP) is 2.91. The number of halogens is 3. The maximum absolute atomic E-state index is 12.8. The molecule has 7 heteroatoms. The van der Waals surface area contributed by atoms with Gasteiger partial charge in [0.05, 0.1) is 11.1 Å². The molecular formula is C14H17F3N2O2. The number of carboxylic acid groups (broad SMARTS) is 1. The number of likely N-dealkylation sites (tertiary alicyclic amines) is 1. The van der Waals surface area contributed by atoms with E-state index in [9.17, 15) is 18.0 Å². The summed E-state index contributed by atoms with van der Waals surface area (Å²) < 4.78 is 38.3. The zero-order chi connectivity index (χ0) is 15.6. The molecule has 1 fully saturated rings. The van der Waals surface area contributed by atoms with Crippen LogP contribution >= 0.6 is 0 Å². The number of hydrogen-bond donors (Lipinski definition) is 2. The van der Waals surface area contributed by atoms with Gasteiger partial charge in [0.2, 0.25) is 0 Å². The van der Waals surface area contributed by atoms with Crippen molar-refractivity contribution in [3.05, 3.63) is 29.3 Å². The highest BCUT2D eigenvalue weighted by Crippen LogP contribution is 2.33. The van der Waals surface area contributed by atoms with Gasteiger partial charge < -0.3 is 15.3 Å². The van der Waals surface area contributed by atoms with Crippen LogP contribution in [0.1, 0.15) is 28.8 Å². The number of hydrogen-bond acceptors (Lipinski definition) is 3. The molecule has 0 aromatic heterocycles. The lowest BCUT2D eigenvalue weighted by molar-refractivity contribution is -0.138. The van der Waals surface area contributed by atoms with E-state index < -0.39 is 23.3 Å². The molecule has 1 aromatic rings. The SMILES string of the molecule is CN1CCCC(Nc2ccc(C(F)(F)F)c(C(=O)O)c2)C1. The van der Waals surface area contributed by atoms with Gasteiger partial charge in [-0.3, -0.25) is 0 Å². The molecule has 2 rings (SSSR count). The van der Waals surface area contributed by atoms with E-state index in [-0.39, 0.29) is 6.04 Å². The minimum Gasteiger partial charge on any atom is -0.478 e. The predicted molar refractivity (Wildman–Crippen MR) is 72.5 cm³/mol. The molecule has 1 saturated heterocycles. The molecule has 0 radical (unpaired) electrons. The van der Waals surface area contributed by atoms with Gasteiger partial charge in [0.15, 0.2) is 0 Å². The van der Waals surface area contributed by atoms with Crippen molar-refractivity contribution in [1.29, 1.82) is 0 Å². The first-order valence-corrected chi connectivity index (χ1v) is 6.67. The van der Waals surface area contributed by atoms with Gasteiger partial charge in [-0.1, -0.05) is 0 Å². The van der Waals surface area contributed by atoms with Gasteiger partial charge in [-0.25, -0.2) is 4.79 Å². The second-order valence-electron chi connectivity index (χ2n) is 5.31. The van der Waals surface area contributed by atoms with Crippen molar-refractivity contribution in [2.75, 3.05) is 25.5 Å². The first-order valence-electron chi connectivity index (χ1n) is 6.67. The van der Waals surface area contributed by atoms with Crippen molar-refractivity contribution in [2.45, 2.75) is 25.1 Å². The fourth-order valence-electron chi connectivity index (χ4n) is 2.58. The molecule has 1 aliphatic heterocycles. The van der Waals surface area contributed by atoms with Gasteiger partial charge in [-0.05, 0) is 44.6 Å². The molecule has 0 aliphatic carbocycles. The highest BCUT2D eigenvalue weighted by molar-refractivity contribution is 5.91. The summed E-state index contributed by atoms with van der Waals surface area (Å²) in [5, 5.41) is 12.1. The summed E-state index contributed by atoms with van der Waals surface area (Å²) in [5.41, 5.74) is -1.45. The van der Waals surface area contributed by atoms with Gasteiger partial charge in [0, 0.05) is 18.3 Å². The van der Waals surface area contributed by atoms with Crippen molar-refractivity contribution in [3.63, 3.8) is 0 Å². The molecular weight excluding hydrogens is 285 g/mol. The van der Waals surface area contributed by atoms with E-state index in [2.05, 4.69) is 10.2 Å². The molecule has 0 amide bonds. The van der Waals surface area contributed by atoms with Crippen molar-refractivity contribution in [2.24, 2.45) is 0 Å². The lowest BCUT2D eigenvalue weighted by Crippen LogP contribution is -2.39. The number of nitrogens with zero attached hydrogens (tertiary/aromatic N) is 1. The molecule has 0 saturated carbocycles. The van der Waals surface area contributed by atoms with Crippen LogP contribution < -0.4 is 5.32 Å². The molecule has 1 atom stereocenters. The number of likely N-dealkylation sites (N-methyl/N-ethyl adjacent to an activating group) is 1. The summed E-state index contributed by atoms with van der Waals surface area (Å²) in [7, 11) is 1.98. The van der Waals surface area contributed by atoms with E-state index in [0.29, 0.717) is 5.69 Å². The Hall–Kier alpha value is -1.76. The standard InChI is InChI=1S/C14H17F3N2O2/c1-19-6-2-3-10(8-19)18-9-4-5-12(14(15,16)17)11(7-9)13(20)21/h4-5,7,10,18H,2-3,6,8H2,1H3,(H,20,21). The van der Waals surface area contributed by atoms with E-state index >= 15 is 0 Å². The topological polar surface area (TPSA) is 52.6 Å². The third-order valence-corrected chi connectivity index (χ3v) is 3.55. The summed E-state index contributed by atoms with van der Waals surface area (Å²) in [6, 6.07) is 3.27. The maximum Gasteiger partial charge on any atom is 0.417 e. The third-order valence-electron chi connectivity index (χ3n) is 3.55. The van der Waals surface area contributed by atoms with Crippen LogP contribution in [0.15, 0.2) is 18.2 Å². The number of anilines is 1. The Bertz CT molecular complexity index is 531. The highest BCUT2D eigenvalue weighted by atomic mass is 19.4. The Morgan fingerprint density at radius 3 is 2.71 bits per heavy atom. The summed E-state index contributed by atoms with van der Waals surface area (Å²) in [6.07, 6.45) is -2.76. The molecule has 4 nitrogen and oxygen atoms in total. The van der Waals surface area contributed by atoms with Gasteiger partial charge >= 0.3 is 12.1 Å². The molecule has 1 aromatic carbocycles. The van der Waals surface area contributed by atoms with E-state index in [1.165, 1.54) is 6.07 Å². The average molecular weight is 302 g/mol. The Labute approximate surface area is 120 Å². The molecule has 0 bridgehead atoms. The summed E-state index contributed by atoms with van der Waals surface area (Å²) in [4.78, 5) is 13.2. The van der Waals surface area contributed by atoms with Crippen LogP contribution in [0.25, 0.3) is 0 Å². The second kappa shape index (κ2) is 5.93. The van der Waals surface area contributed by atoms with E-state index in [1.807, 2.05) is 7.05 Å². The van der Waals surface area contributed by atoms with Crippen LogP contribution in [0.4, 0.5) is 18.9 Å². The molecule has 2 N–H and O–H groups in total. The molecule has 1 aliphatic rings. The van der Waals surface area contributed by atoms with E-state index in [4.69, 9.17) is 5.11 Å². The maximum atomic E-state index is 12.8. The summed E-state index contributed by atoms with van der Waals surface area (Å²) in [5.74, 6) is -1.58. The van der Waals surface area contributed by atoms with Crippen molar-refractivity contribution in [1.82, 2.24) is 4.90 Å². The number of benzene rings is 1. The Morgan fingerprint density at radius 1 is 1.43 bits per heavy atom. The molecule has 0 spiro atoms. The van der Waals surface area contributed by atoms with E-state index in [1.54, 1.807) is 0 Å². The third kappa shape index (κ3) is 3.87.